The maximum Gasteiger partial charge on any atom is 0.309 e. The second-order valence-corrected chi connectivity index (χ2v) is 7.80. The Morgan fingerprint density at radius 1 is 1.09 bits per heavy atom. The molecule has 0 N–H and O–H groups in total. The van der Waals surface area contributed by atoms with Crippen molar-refractivity contribution in [2.24, 2.45) is 5.92 Å². The predicted molar refractivity (Wildman–Crippen MR) is 87.8 cm³/mol. The van der Waals surface area contributed by atoms with Gasteiger partial charge in [-0.1, -0.05) is 6.92 Å². The van der Waals surface area contributed by atoms with Gasteiger partial charge in [0, 0.05) is 6.54 Å². The highest BCUT2D eigenvalue weighted by molar-refractivity contribution is 5.72. The van der Waals surface area contributed by atoms with Gasteiger partial charge in [0.15, 0.2) is 0 Å². The molecule has 2 fully saturated rings. The number of esters is 1. The molecule has 128 valence electrons. The largest absolute Gasteiger partial charge is 0.460 e. The maximum atomic E-state index is 12.1. The van der Waals surface area contributed by atoms with Gasteiger partial charge in [-0.3, -0.25) is 4.79 Å². The monoisotopic (exact) mass is 311 g/mol. The van der Waals surface area contributed by atoms with Gasteiger partial charge in [-0.05, 0) is 72.4 Å². The third kappa shape index (κ3) is 5.54. The molecule has 0 spiro atoms. The topological polar surface area (TPSA) is 38.8 Å². The first kappa shape index (κ1) is 17.7. The number of piperidine rings is 1. The molecule has 4 heteroatoms. The van der Waals surface area contributed by atoms with Crippen LogP contribution in [0, 0.1) is 5.92 Å². The number of rotatable bonds is 4. The minimum Gasteiger partial charge on any atom is -0.460 e. The summed E-state index contributed by atoms with van der Waals surface area (Å²) in [5.41, 5.74) is -0.379. The second-order valence-electron chi connectivity index (χ2n) is 7.80. The Morgan fingerprint density at radius 3 is 2.36 bits per heavy atom. The molecule has 0 radical (unpaired) electrons. The molecule has 1 aliphatic heterocycles. The van der Waals surface area contributed by atoms with Crippen molar-refractivity contribution in [1.29, 1.82) is 0 Å². The number of likely N-dealkylation sites (N-methyl/N-ethyl adjacent to an activating group) is 1. The van der Waals surface area contributed by atoms with Crippen molar-refractivity contribution in [3.05, 3.63) is 0 Å². The molecule has 0 aromatic carbocycles. The molecule has 0 aromatic heterocycles. The summed E-state index contributed by atoms with van der Waals surface area (Å²) in [5.74, 6) is 0.0401. The lowest BCUT2D eigenvalue weighted by atomic mass is 9.87. The van der Waals surface area contributed by atoms with Gasteiger partial charge in [-0.15, -0.1) is 0 Å². The molecule has 1 saturated heterocycles. The molecule has 2 aliphatic rings. The summed E-state index contributed by atoms with van der Waals surface area (Å²) in [4.78, 5) is 14.6. The van der Waals surface area contributed by atoms with Crippen molar-refractivity contribution in [2.75, 3.05) is 19.6 Å². The Hall–Kier alpha value is -0.610. The van der Waals surface area contributed by atoms with E-state index in [0.29, 0.717) is 12.2 Å². The van der Waals surface area contributed by atoms with Crippen LogP contribution in [0.4, 0.5) is 0 Å². The Bertz CT molecular complexity index is 356. The molecule has 1 atom stereocenters. The number of hydrogen-bond donors (Lipinski definition) is 0. The van der Waals surface area contributed by atoms with Crippen molar-refractivity contribution < 1.29 is 14.3 Å². The number of carbonyl (C=O) groups excluding carboxylic acids is 1. The van der Waals surface area contributed by atoms with E-state index in [4.69, 9.17) is 9.47 Å². The van der Waals surface area contributed by atoms with E-state index in [-0.39, 0.29) is 17.5 Å². The maximum absolute atomic E-state index is 12.1. The average molecular weight is 311 g/mol. The van der Waals surface area contributed by atoms with E-state index in [1.165, 1.54) is 19.4 Å². The first-order valence-electron chi connectivity index (χ1n) is 8.98. The number of hydrogen-bond acceptors (Lipinski definition) is 4. The van der Waals surface area contributed by atoms with Crippen LogP contribution in [0.25, 0.3) is 0 Å². The third-order valence-corrected chi connectivity index (χ3v) is 4.71. The fourth-order valence-electron chi connectivity index (χ4n) is 3.50. The highest BCUT2D eigenvalue weighted by atomic mass is 16.6. The number of nitrogens with zero attached hydrogens (tertiary/aromatic N) is 1. The fourth-order valence-corrected chi connectivity index (χ4v) is 3.50. The van der Waals surface area contributed by atoms with Crippen LogP contribution in [0.5, 0.6) is 0 Å². The van der Waals surface area contributed by atoms with Gasteiger partial charge in [0.05, 0.1) is 18.1 Å². The molecule has 1 aliphatic carbocycles. The molecule has 2 rings (SSSR count). The lowest BCUT2D eigenvalue weighted by Crippen LogP contribution is -2.42. The Kier molecular flexibility index (Phi) is 6.27. The summed E-state index contributed by atoms with van der Waals surface area (Å²) in [7, 11) is 0. The van der Waals surface area contributed by atoms with Crippen molar-refractivity contribution >= 4 is 5.97 Å². The quantitative estimate of drug-likeness (QED) is 0.746. The summed E-state index contributed by atoms with van der Waals surface area (Å²) in [6, 6.07) is 0. The molecule has 0 amide bonds. The summed E-state index contributed by atoms with van der Waals surface area (Å²) in [6.45, 7) is 11.4. The van der Waals surface area contributed by atoms with Crippen LogP contribution >= 0.6 is 0 Å². The van der Waals surface area contributed by atoms with Gasteiger partial charge in [0.25, 0.3) is 0 Å². The van der Waals surface area contributed by atoms with Crippen LogP contribution in [-0.2, 0) is 14.3 Å². The highest BCUT2D eigenvalue weighted by Gasteiger charge is 2.31. The predicted octanol–water partition coefficient (Wildman–Crippen LogP) is 3.39. The van der Waals surface area contributed by atoms with Gasteiger partial charge in [0.1, 0.15) is 5.60 Å². The van der Waals surface area contributed by atoms with E-state index >= 15 is 0 Å². The van der Waals surface area contributed by atoms with Crippen molar-refractivity contribution in [1.82, 2.24) is 4.90 Å². The standard InChI is InChI=1S/C18H33NO3/c1-5-19-12-6-7-16(13-19)21-15-10-8-14(9-11-15)17(20)22-18(2,3)4/h14-16H,5-13H2,1-4H3. The van der Waals surface area contributed by atoms with Crippen molar-refractivity contribution in [3.63, 3.8) is 0 Å². The minimum atomic E-state index is -0.379. The smallest absolute Gasteiger partial charge is 0.309 e. The first-order chi connectivity index (χ1) is 10.4. The van der Waals surface area contributed by atoms with Crippen LogP contribution in [0.15, 0.2) is 0 Å². The first-order valence-corrected chi connectivity index (χ1v) is 8.98. The van der Waals surface area contributed by atoms with Gasteiger partial charge in [-0.2, -0.15) is 0 Å². The molecular formula is C18H33NO3. The summed E-state index contributed by atoms with van der Waals surface area (Å²) in [6.07, 6.45) is 6.94. The minimum absolute atomic E-state index is 0.0271. The number of ether oxygens (including phenoxy) is 2. The lowest BCUT2D eigenvalue weighted by molar-refractivity contribution is -0.162. The summed E-state index contributed by atoms with van der Waals surface area (Å²) in [5, 5.41) is 0. The molecular weight excluding hydrogens is 278 g/mol. The summed E-state index contributed by atoms with van der Waals surface area (Å²) < 4.78 is 11.8. The van der Waals surface area contributed by atoms with E-state index < -0.39 is 0 Å². The molecule has 4 nitrogen and oxygen atoms in total. The van der Waals surface area contributed by atoms with Crippen LogP contribution in [0.2, 0.25) is 0 Å². The SMILES string of the molecule is CCN1CCCC(OC2CCC(C(=O)OC(C)(C)C)CC2)C1. The molecule has 0 bridgehead atoms. The molecule has 0 aromatic rings. The Morgan fingerprint density at radius 2 is 1.77 bits per heavy atom. The zero-order chi connectivity index (χ0) is 16.2. The molecule has 1 unspecified atom stereocenters. The van der Waals surface area contributed by atoms with Gasteiger partial charge in [0.2, 0.25) is 0 Å². The lowest BCUT2D eigenvalue weighted by Gasteiger charge is -2.36. The number of carbonyl (C=O) groups is 1. The van der Waals surface area contributed by atoms with Gasteiger partial charge < -0.3 is 14.4 Å². The normalized spacial score (nSPS) is 31.0. The third-order valence-electron chi connectivity index (χ3n) is 4.71. The second kappa shape index (κ2) is 7.78. The van der Waals surface area contributed by atoms with Crippen LogP contribution < -0.4 is 0 Å². The fraction of sp³-hybridized carbons (Fsp3) is 0.944. The zero-order valence-corrected chi connectivity index (χ0v) is 14.8. The van der Waals surface area contributed by atoms with Gasteiger partial charge >= 0.3 is 5.97 Å². The molecule has 1 saturated carbocycles. The van der Waals surface area contributed by atoms with E-state index in [9.17, 15) is 4.79 Å². The average Bonchev–Trinajstić information content (AvgIpc) is 2.46. The van der Waals surface area contributed by atoms with Crippen LogP contribution in [-0.4, -0.2) is 48.3 Å². The Labute approximate surface area is 135 Å². The Balaban J connectivity index is 1.72. The van der Waals surface area contributed by atoms with Crippen molar-refractivity contribution in [2.45, 2.75) is 84.0 Å². The van der Waals surface area contributed by atoms with Crippen LogP contribution in [0.1, 0.15) is 66.2 Å². The van der Waals surface area contributed by atoms with E-state index in [0.717, 1.165) is 38.8 Å². The highest BCUT2D eigenvalue weighted by Crippen LogP contribution is 2.30. The zero-order valence-electron chi connectivity index (χ0n) is 14.8. The van der Waals surface area contributed by atoms with Gasteiger partial charge in [-0.25, -0.2) is 0 Å². The number of likely N-dealkylation sites (tertiary alicyclic amines) is 1. The molecule has 1 heterocycles. The van der Waals surface area contributed by atoms with E-state index in [1.807, 2.05) is 20.8 Å². The molecule has 22 heavy (non-hydrogen) atoms. The summed E-state index contributed by atoms with van der Waals surface area (Å²) >= 11 is 0. The van der Waals surface area contributed by atoms with Crippen LogP contribution in [0.3, 0.4) is 0 Å². The van der Waals surface area contributed by atoms with E-state index in [1.54, 1.807) is 0 Å². The van der Waals surface area contributed by atoms with E-state index in [2.05, 4.69) is 11.8 Å². The van der Waals surface area contributed by atoms with Crippen molar-refractivity contribution in [3.8, 4) is 0 Å².